The second kappa shape index (κ2) is 37.1. The van der Waals surface area contributed by atoms with Crippen molar-refractivity contribution in [1.29, 1.82) is 0 Å². The average molecular weight is 1660 g/mol. The molecule has 0 spiro atoms. The quantitative estimate of drug-likeness (QED) is 0.0448. The molecular formula is C93H92N14O10S3. The Balaban J connectivity index is 0.000000156. The van der Waals surface area contributed by atoms with Crippen LogP contribution in [0.1, 0.15) is 125 Å². The molecule has 0 bridgehead atoms. The van der Waals surface area contributed by atoms with Gasteiger partial charge in [-0.3, -0.25) is 33.8 Å². The van der Waals surface area contributed by atoms with Gasteiger partial charge in [-0.15, -0.1) is 35.3 Å². The molecule has 0 saturated carbocycles. The van der Waals surface area contributed by atoms with Gasteiger partial charge in [-0.2, -0.15) is 10.2 Å². The Bertz CT molecular complexity index is 6400. The van der Waals surface area contributed by atoms with Crippen molar-refractivity contribution in [2.75, 3.05) is 25.9 Å². The van der Waals surface area contributed by atoms with E-state index < -0.39 is 0 Å². The summed E-state index contributed by atoms with van der Waals surface area (Å²) in [6.45, 7) is 21.2. The monoisotopic (exact) mass is 1660 g/mol. The Hall–Kier alpha value is -12.7. The lowest BCUT2D eigenvalue weighted by molar-refractivity contribution is -0.118. The van der Waals surface area contributed by atoms with Gasteiger partial charge in [0.1, 0.15) is 57.0 Å². The zero-order valence-electron chi connectivity index (χ0n) is 69.2. The topological polar surface area (TPSA) is 312 Å². The molecule has 5 aromatic carbocycles. The van der Waals surface area contributed by atoms with Crippen molar-refractivity contribution < 1.29 is 33.3 Å². The molecule has 1 aliphatic heterocycles. The van der Waals surface area contributed by atoms with Gasteiger partial charge in [-0.05, 0) is 138 Å². The van der Waals surface area contributed by atoms with E-state index >= 15 is 0 Å². The maximum Gasteiger partial charge on any atom is 0.268 e. The molecule has 0 amide bonds. The number of benzene rings is 5. The maximum absolute atomic E-state index is 13.4. The fourth-order valence-corrected chi connectivity index (χ4v) is 15.3. The van der Waals surface area contributed by atoms with Gasteiger partial charge in [-0.1, -0.05) is 129 Å². The molecule has 9 aromatic heterocycles. The first kappa shape index (κ1) is 85.2. The number of nitrogens with one attached hydrogen (secondary N) is 3. The average Bonchev–Trinajstić information content (AvgIpc) is 1.67. The number of ketones is 3. The highest BCUT2D eigenvalue weighted by atomic mass is 32.2. The van der Waals surface area contributed by atoms with E-state index in [-0.39, 0.29) is 75.6 Å². The highest BCUT2D eigenvalue weighted by Gasteiger charge is 2.31. The number of nitrogens with zero attached hydrogens (tertiary/aromatic N) is 11. The highest BCUT2D eigenvalue weighted by Crippen LogP contribution is 2.40. The predicted molar refractivity (Wildman–Crippen MR) is 473 cm³/mol. The van der Waals surface area contributed by atoms with Crippen molar-refractivity contribution in [1.82, 2.24) is 64.4 Å². The molecule has 612 valence electrons. The summed E-state index contributed by atoms with van der Waals surface area (Å²) in [5, 5.41) is 10.4. The number of pyridine rings is 5. The number of Topliss-reactive ketones (excluding diaryl/α,β-unsaturated/α-hetero) is 3. The molecule has 1 aliphatic rings. The number of hydrogen-bond donors (Lipinski definition) is 3. The lowest BCUT2D eigenvalue weighted by atomic mass is 9.88. The summed E-state index contributed by atoms with van der Waals surface area (Å²) >= 11 is 4.68. The van der Waals surface area contributed by atoms with Gasteiger partial charge in [0.15, 0.2) is 22.8 Å². The van der Waals surface area contributed by atoms with Gasteiger partial charge in [0.05, 0.1) is 71.3 Å². The van der Waals surface area contributed by atoms with E-state index in [1.54, 1.807) is 90.4 Å². The van der Waals surface area contributed by atoms with Crippen molar-refractivity contribution in [3.05, 3.63) is 294 Å². The van der Waals surface area contributed by atoms with Crippen LogP contribution < -0.4 is 35.6 Å². The lowest BCUT2D eigenvalue weighted by Crippen LogP contribution is -2.16. The number of hydrogen-bond acceptors (Lipinski definition) is 22. The number of aryl methyl sites for hydroxylation is 1. The summed E-state index contributed by atoms with van der Waals surface area (Å²) in [6.07, 6.45) is 18.6. The van der Waals surface area contributed by atoms with Crippen LogP contribution in [0.3, 0.4) is 0 Å². The zero-order chi connectivity index (χ0) is 85.2. The van der Waals surface area contributed by atoms with E-state index in [4.69, 9.17) is 34.1 Å². The number of aliphatic imine (C=N–C) groups is 1. The molecule has 0 aliphatic carbocycles. The number of H-pyrrole nitrogens is 3. The van der Waals surface area contributed by atoms with Crippen molar-refractivity contribution in [2.45, 2.75) is 139 Å². The largest absolute Gasteiger partial charge is 0.481 e. The summed E-state index contributed by atoms with van der Waals surface area (Å²) in [7, 11) is 1.57. The van der Waals surface area contributed by atoms with Crippen LogP contribution in [0.4, 0.5) is 0 Å². The summed E-state index contributed by atoms with van der Waals surface area (Å²) < 4.78 is 27.2. The fraction of sp³-hybridized carbons (Fsp3) is 0.258. The van der Waals surface area contributed by atoms with E-state index in [0.717, 1.165) is 87.8 Å². The molecule has 14 aromatic rings. The number of carbonyl (C=O) groups excluding carboxylic acids is 3. The van der Waals surface area contributed by atoms with Crippen LogP contribution >= 0.6 is 35.3 Å². The normalized spacial score (nSPS) is 12.8. The summed E-state index contributed by atoms with van der Waals surface area (Å²) in [5.41, 5.74) is 13.2. The number of carbonyl (C=O) groups is 3. The summed E-state index contributed by atoms with van der Waals surface area (Å²) in [6, 6.07) is 51.3. The molecule has 120 heavy (non-hydrogen) atoms. The maximum atomic E-state index is 13.4. The van der Waals surface area contributed by atoms with Crippen LogP contribution in [0.25, 0.3) is 44.7 Å². The number of fused-ring (bicyclic) bond motifs is 3. The minimum atomic E-state index is -0.334. The minimum Gasteiger partial charge on any atom is -0.481 e. The number of methoxy groups -OCH3 is 1. The Morgan fingerprint density at radius 3 is 1.35 bits per heavy atom. The Morgan fingerprint density at radius 1 is 0.442 bits per heavy atom. The van der Waals surface area contributed by atoms with Crippen LogP contribution in [-0.4, -0.2) is 113 Å². The third kappa shape index (κ3) is 21.0. The molecule has 0 radical (unpaired) electrons. The van der Waals surface area contributed by atoms with Crippen molar-refractivity contribution >= 4 is 91.7 Å². The van der Waals surface area contributed by atoms with E-state index in [9.17, 15) is 28.8 Å². The lowest BCUT2D eigenvalue weighted by Gasteiger charge is -2.17. The molecule has 24 nitrogen and oxygen atoms in total. The van der Waals surface area contributed by atoms with Gasteiger partial charge in [0, 0.05) is 118 Å². The number of rotatable bonds is 25. The van der Waals surface area contributed by atoms with Gasteiger partial charge in [0.25, 0.3) is 11.1 Å². The molecular weight excluding hydrogens is 1570 g/mol. The third-order valence-electron chi connectivity index (χ3n) is 19.6. The molecule has 10 heterocycles. The molecule has 15 rings (SSSR count). The first-order chi connectivity index (χ1) is 57.4. The van der Waals surface area contributed by atoms with Crippen LogP contribution in [0.2, 0.25) is 0 Å². The van der Waals surface area contributed by atoms with E-state index in [2.05, 4.69) is 144 Å². The standard InChI is InChI=1S/C32H31N3O3S.C31H31N5O3S.C30H30N6O4S/c1-32(2,3)28-18-22(30(34-28)20-8-6-5-7-9-20)17-23(36)16-21-10-11-24(19-27(21)39-4)38-26-14-15-33-31-25(26)12-13-29(37)35-31;1-19-6-9-21(10-7-19)36-22(16-27(35-36)31(2,3)4)15-23(37)14-20-8-11-24(17-26(20)40-5)39-25-12-13-32-30-29(25)33-18-28(38)34-30;1-30(2,3)25-14-20(36(35-25)19-7-9-27(39-4)32-16-19)13-21(37)12-18-6-8-22(15-24(18)41-5)40-23-10-11-31-29-28(23)33-17-26(38)34-29/h5-15,18-19,30H,16-17H2,1-4H3,(H,33,35,37);6-13,16-18H,14-15H2,1-5H3,(H,32,34,38);6-11,14-17H,12-13H2,1-5H3,(H,31,34,38). The van der Waals surface area contributed by atoms with E-state index in [1.165, 1.54) is 35.8 Å². The van der Waals surface area contributed by atoms with Crippen molar-refractivity contribution in [2.24, 2.45) is 10.4 Å². The highest BCUT2D eigenvalue weighted by molar-refractivity contribution is 7.99. The summed E-state index contributed by atoms with van der Waals surface area (Å²) in [4.78, 5) is 116. The molecule has 27 heteroatoms. The SMILES string of the molecule is COc1ccc(-n2nc(C(C)(C)C)cc2CC(=O)Cc2ccc(Oc3ccnc4[nH]c(=O)cnc34)cc2SC)cn1.CSc1cc(Oc2ccnc3[nH]c(=O)ccc23)ccc1CC(=O)CC1=CC(C(C)(C)C)=NC1c1ccccc1.CSc1cc(Oc2ccnc3[nH]c(=O)cnc23)ccc1CC(=O)Cc1cc(C(C)(C)C)nn1-c1ccc(C)cc1. The van der Waals surface area contributed by atoms with Crippen molar-refractivity contribution in [3.8, 4) is 51.8 Å². The number of ether oxygens (including phenoxy) is 4. The Labute approximate surface area is 706 Å². The second-order valence-electron chi connectivity index (χ2n) is 31.9. The predicted octanol–water partition coefficient (Wildman–Crippen LogP) is 18.2. The number of thioether (sulfide) groups is 3. The zero-order valence-corrected chi connectivity index (χ0v) is 71.6. The number of aromatic nitrogens is 13. The van der Waals surface area contributed by atoms with Gasteiger partial charge in [0.2, 0.25) is 11.4 Å². The Morgan fingerprint density at radius 2 is 0.892 bits per heavy atom. The van der Waals surface area contributed by atoms with Gasteiger partial charge < -0.3 is 33.9 Å². The number of allylic oxidation sites excluding steroid dienone is 1. The minimum absolute atomic E-state index is 0.0605. The molecule has 0 saturated heterocycles. The first-order valence-corrected chi connectivity index (χ1v) is 42.5. The van der Waals surface area contributed by atoms with E-state index in [0.29, 0.717) is 87.6 Å². The van der Waals surface area contributed by atoms with Gasteiger partial charge in [-0.25, -0.2) is 39.3 Å². The van der Waals surface area contributed by atoms with Gasteiger partial charge >= 0.3 is 0 Å². The third-order valence-corrected chi connectivity index (χ3v) is 22.1. The Kier molecular flexibility index (Phi) is 26.3. The van der Waals surface area contributed by atoms with Crippen LogP contribution in [0.5, 0.6) is 40.4 Å². The molecule has 1 unspecified atom stereocenters. The summed E-state index contributed by atoms with van der Waals surface area (Å²) in [5.74, 6) is 4.22. The van der Waals surface area contributed by atoms with E-state index in [1.807, 2.05) is 127 Å². The molecule has 1 atom stereocenters. The van der Waals surface area contributed by atoms with Crippen LogP contribution in [-0.2, 0) is 57.3 Å². The van der Waals surface area contributed by atoms with Crippen LogP contribution in [0.15, 0.2) is 247 Å². The smallest absolute Gasteiger partial charge is 0.268 e. The fourth-order valence-electron chi connectivity index (χ4n) is 13.3. The van der Waals surface area contributed by atoms with Crippen molar-refractivity contribution in [3.63, 3.8) is 0 Å². The number of aromatic amines is 3. The second-order valence-corrected chi connectivity index (χ2v) is 34.4. The molecule has 0 fully saturated rings. The van der Waals surface area contributed by atoms with Crippen LogP contribution in [0, 0.1) is 12.3 Å². The first-order valence-electron chi connectivity index (χ1n) is 38.8. The molecule has 3 N–H and O–H groups in total.